The lowest BCUT2D eigenvalue weighted by molar-refractivity contribution is -0.140. The molecule has 0 saturated carbocycles. The highest BCUT2D eigenvalue weighted by Crippen LogP contribution is 1.91. The lowest BCUT2D eigenvalue weighted by Crippen LogP contribution is -2.17. The summed E-state index contributed by atoms with van der Waals surface area (Å²) in [5.74, 6) is 0.167. The van der Waals surface area contributed by atoms with Gasteiger partial charge in [0.25, 0.3) is 0 Å². The van der Waals surface area contributed by atoms with Gasteiger partial charge < -0.3 is 4.74 Å². The summed E-state index contributed by atoms with van der Waals surface area (Å²) >= 11 is 0. The summed E-state index contributed by atoms with van der Waals surface area (Å²) in [6, 6.07) is 0. The third kappa shape index (κ3) is 7.62. The number of ether oxygens (including phenoxy) is 1. The lowest BCUT2D eigenvalue weighted by atomic mass is 10.8. The van der Waals surface area contributed by atoms with Crippen LogP contribution in [0.3, 0.4) is 0 Å². The molecule has 0 N–H and O–H groups in total. The van der Waals surface area contributed by atoms with Gasteiger partial charge in [-0.15, -0.1) is 9.93 Å². The van der Waals surface area contributed by atoms with Crippen molar-refractivity contribution >= 4 is 15.9 Å². The van der Waals surface area contributed by atoms with Gasteiger partial charge in [-0.05, 0) is 12.5 Å². The maximum Gasteiger partial charge on any atom is 0.302 e. The lowest BCUT2D eigenvalue weighted by Gasteiger charge is -2.10. The molecule has 0 aliphatic rings. The maximum absolute atomic E-state index is 11.0. The first-order valence-corrected chi connectivity index (χ1v) is 5.88. The van der Waals surface area contributed by atoms with Gasteiger partial charge in [-0.3, -0.25) is 9.00 Å². The number of esters is 1. The molecule has 0 aromatic carbocycles. The van der Waals surface area contributed by atoms with Crippen LogP contribution in [-0.4, -0.2) is 35.0 Å². The molecule has 0 saturated heterocycles. The van der Waals surface area contributed by atoms with Crippen LogP contribution in [0.4, 0.5) is 0 Å². The van der Waals surface area contributed by atoms with E-state index in [9.17, 15) is 9.00 Å². The van der Waals surface area contributed by atoms with Gasteiger partial charge in [-0.1, -0.05) is 0 Å². The molecule has 0 radical (unpaired) electrons. The Bertz CT molecular complexity index is 158. The van der Waals surface area contributed by atoms with E-state index in [2.05, 4.69) is 4.74 Å². The van der Waals surface area contributed by atoms with Gasteiger partial charge in [-0.25, -0.2) is 0 Å². The van der Waals surface area contributed by atoms with E-state index in [1.807, 2.05) is 0 Å². The van der Waals surface area contributed by atoms with Crippen LogP contribution in [0.2, 0.25) is 0 Å². The predicted molar refractivity (Wildman–Crippen MR) is 42.9 cm³/mol. The Balaban J connectivity index is 3.39. The summed E-state index contributed by atoms with van der Waals surface area (Å²) in [6.45, 7) is 1.62. The van der Waals surface area contributed by atoms with Crippen molar-refractivity contribution in [1.82, 2.24) is 0 Å². The number of thiol groups is 1. The average Bonchev–Trinajstić information content (AvgIpc) is 1.59. The Hall–Kier alpha value is -0.380. The van der Waals surface area contributed by atoms with Crippen molar-refractivity contribution < 1.29 is 13.7 Å². The van der Waals surface area contributed by atoms with E-state index in [0.29, 0.717) is 5.75 Å². The number of carbonyl (C=O) groups excluding carboxylic acids is 1. The smallest absolute Gasteiger partial charge is 0.302 e. The van der Waals surface area contributed by atoms with Crippen molar-refractivity contribution in [2.45, 2.75) is 6.92 Å². The largest absolute Gasteiger partial charge is 0.465 e. The molecule has 4 heteroatoms. The summed E-state index contributed by atoms with van der Waals surface area (Å²) < 4.78 is 15.6. The molecule has 3 nitrogen and oxygen atoms in total. The molecule has 0 fully saturated rings. The third-order valence-electron chi connectivity index (χ3n) is 0.935. The fraction of sp³-hybridized carbons (Fsp3) is 0.833. The molecule has 0 aromatic rings. The fourth-order valence-electron chi connectivity index (χ4n) is 0.409. The van der Waals surface area contributed by atoms with E-state index in [0.717, 1.165) is 0 Å². The summed E-state index contributed by atoms with van der Waals surface area (Å²) in [4.78, 5) is 10.2. The maximum atomic E-state index is 11.0. The minimum Gasteiger partial charge on any atom is -0.465 e. The van der Waals surface area contributed by atoms with Crippen LogP contribution >= 0.6 is 0 Å². The van der Waals surface area contributed by atoms with Crippen LogP contribution in [0, 0.1) is 0 Å². The van der Waals surface area contributed by atoms with Gasteiger partial charge in [0, 0.05) is 12.7 Å². The minimum absolute atomic E-state index is 0.277. The zero-order valence-corrected chi connectivity index (χ0v) is 7.48. The fourth-order valence-corrected chi connectivity index (χ4v) is 0.940. The van der Waals surface area contributed by atoms with E-state index in [-0.39, 0.29) is 12.6 Å². The first kappa shape index (κ1) is 9.62. The van der Waals surface area contributed by atoms with Gasteiger partial charge in [0.05, 0.1) is 0 Å². The minimum atomic E-state index is -2.00. The molecule has 0 atom stereocenters. The summed E-state index contributed by atoms with van der Waals surface area (Å²) in [5, 5.41) is 0. The highest BCUT2D eigenvalue weighted by molar-refractivity contribution is 8.01. The molecule has 0 heterocycles. The Morgan fingerprint density at radius 2 is 2.00 bits per heavy atom. The van der Waals surface area contributed by atoms with E-state index in [1.165, 1.54) is 6.92 Å². The molecule has 0 bridgehead atoms. The second-order valence-corrected chi connectivity index (χ2v) is 6.23. The van der Waals surface area contributed by atoms with Gasteiger partial charge >= 0.3 is 5.97 Å². The van der Waals surface area contributed by atoms with Crippen LogP contribution < -0.4 is 0 Å². The van der Waals surface area contributed by atoms with Gasteiger partial charge in [0.2, 0.25) is 0 Å². The van der Waals surface area contributed by atoms with Crippen LogP contribution in [-0.2, 0) is 19.5 Å². The molecule has 10 heavy (non-hydrogen) atoms. The normalized spacial score (nSPS) is 12.7. The van der Waals surface area contributed by atoms with Crippen LogP contribution in [0.5, 0.6) is 0 Å². The molecular weight excluding hydrogens is 152 g/mol. The summed E-state index contributed by atoms with van der Waals surface area (Å²) in [5.41, 5.74) is 0. The molecular formula is C6H14O3S. The molecule has 0 aliphatic carbocycles. The first-order valence-electron chi connectivity index (χ1n) is 3.09. The van der Waals surface area contributed by atoms with Crippen LogP contribution in [0.1, 0.15) is 6.92 Å². The van der Waals surface area contributed by atoms with Crippen LogP contribution in [0.25, 0.3) is 0 Å². The second-order valence-electron chi connectivity index (χ2n) is 2.64. The molecule has 0 unspecified atom stereocenters. The average molecular weight is 166 g/mol. The Morgan fingerprint density at radius 1 is 1.50 bits per heavy atom. The van der Waals surface area contributed by atoms with E-state index in [4.69, 9.17) is 0 Å². The van der Waals surface area contributed by atoms with Crippen molar-refractivity contribution in [2.24, 2.45) is 0 Å². The molecule has 0 spiro atoms. The molecule has 62 valence electrons. The SMILES string of the molecule is CC(=O)OCC[SH](C)(C)=O. The van der Waals surface area contributed by atoms with Gasteiger partial charge in [0.1, 0.15) is 6.61 Å². The Morgan fingerprint density at radius 3 is 2.30 bits per heavy atom. The van der Waals surface area contributed by atoms with E-state index >= 15 is 0 Å². The highest BCUT2D eigenvalue weighted by Gasteiger charge is 2.00. The van der Waals surface area contributed by atoms with Crippen molar-refractivity contribution in [3.8, 4) is 0 Å². The predicted octanol–water partition coefficient (Wildman–Crippen LogP) is -0.174. The van der Waals surface area contributed by atoms with Gasteiger partial charge in [0.15, 0.2) is 0 Å². The van der Waals surface area contributed by atoms with E-state index < -0.39 is 9.93 Å². The molecule has 0 aromatic heterocycles. The number of hydrogen-bond acceptors (Lipinski definition) is 3. The first-order chi connectivity index (χ1) is 4.42. The van der Waals surface area contributed by atoms with Crippen molar-refractivity contribution in [2.75, 3.05) is 24.9 Å². The standard InChI is InChI=1S/C6H14O3S/c1-6(7)9-4-5-10(2,3)8/h10H,4-5H2,1-3H3. The summed E-state index contributed by atoms with van der Waals surface area (Å²) in [6.07, 6.45) is 3.35. The van der Waals surface area contributed by atoms with Crippen LogP contribution in [0.15, 0.2) is 0 Å². The molecule has 0 amide bonds. The number of rotatable bonds is 3. The molecule has 0 aliphatic heterocycles. The monoisotopic (exact) mass is 166 g/mol. The number of hydrogen-bond donors (Lipinski definition) is 1. The third-order valence-corrected chi connectivity index (χ3v) is 2.19. The zero-order valence-electron chi connectivity index (χ0n) is 6.59. The summed E-state index contributed by atoms with van der Waals surface area (Å²) in [7, 11) is -2.00. The second kappa shape index (κ2) is 3.71. The Kier molecular flexibility index (Phi) is 3.57. The highest BCUT2D eigenvalue weighted by atomic mass is 32.2. The topological polar surface area (TPSA) is 43.4 Å². The zero-order chi connectivity index (χ0) is 8.20. The van der Waals surface area contributed by atoms with E-state index in [1.54, 1.807) is 12.5 Å². The van der Waals surface area contributed by atoms with Crippen molar-refractivity contribution in [1.29, 1.82) is 0 Å². The van der Waals surface area contributed by atoms with Crippen molar-refractivity contribution in [3.63, 3.8) is 0 Å². The van der Waals surface area contributed by atoms with Crippen molar-refractivity contribution in [3.05, 3.63) is 0 Å². The van der Waals surface area contributed by atoms with Gasteiger partial charge in [-0.2, -0.15) is 0 Å². The molecule has 0 rings (SSSR count). The number of carbonyl (C=O) groups is 1. The Labute approximate surface area is 62.2 Å². The quantitative estimate of drug-likeness (QED) is 0.467.